The first kappa shape index (κ1) is 21.1. The number of hydrogen-bond donors (Lipinski definition) is 0. The van der Waals surface area contributed by atoms with Gasteiger partial charge in [0.15, 0.2) is 0 Å². The molecule has 0 aromatic heterocycles. The van der Waals surface area contributed by atoms with E-state index in [0.29, 0.717) is 10.0 Å². The molecule has 9 heteroatoms. The molecule has 2 rings (SSSR count). The lowest BCUT2D eigenvalue weighted by atomic mass is 10.2. The maximum atomic E-state index is 12.2. The van der Waals surface area contributed by atoms with Crippen LogP contribution < -0.4 is 25.6 Å². The molecule has 0 heterocycles. The van der Waals surface area contributed by atoms with Crippen LogP contribution in [-0.4, -0.2) is 34.5 Å². The van der Waals surface area contributed by atoms with Crippen LogP contribution >= 0.6 is 0 Å². The number of rotatable bonds is 6. The number of hydrogen-bond acceptors (Lipinski definition) is 5. The Morgan fingerprint density at radius 2 is 1.68 bits per heavy atom. The van der Waals surface area contributed by atoms with Gasteiger partial charge in [-0.05, 0) is 23.8 Å². The summed E-state index contributed by atoms with van der Waals surface area (Å²) < 4.78 is 30.0. The molecule has 0 aliphatic carbocycles. The molecule has 136 valence electrons. The molecule has 0 bridgehead atoms. The van der Waals surface area contributed by atoms with E-state index in [1.807, 2.05) is 33.3 Å². The van der Waals surface area contributed by atoms with Crippen LogP contribution in [0.1, 0.15) is 5.56 Å². The molecule has 25 heavy (non-hydrogen) atoms. The maximum Gasteiger partial charge on any atom is 0.313 e. The number of nitrogens with zero attached hydrogens (tertiary/aromatic N) is 2. The summed E-state index contributed by atoms with van der Waals surface area (Å²) in [7, 11) is 2.10. The van der Waals surface area contributed by atoms with Gasteiger partial charge in [-0.2, -0.15) is 8.42 Å². The monoisotopic (exact) mass is 430 g/mol. The first-order valence-electron chi connectivity index (χ1n) is 7.14. The Labute approximate surface area is 157 Å². The largest absolute Gasteiger partial charge is 1.00 e. The zero-order chi connectivity index (χ0) is 18.0. The number of quaternary nitrogens is 1. The number of halogens is 1. The van der Waals surface area contributed by atoms with E-state index in [1.165, 1.54) is 24.3 Å². The van der Waals surface area contributed by atoms with Gasteiger partial charge in [0.25, 0.3) is 5.69 Å². The summed E-state index contributed by atoms with van der Waals surface area (Å²) >= 11 is 0. The standard InChI is InChI=1S/C16H19N2O5S.BrH/c1-18(2,3)15-6-4-5-13(11-15)12-24(21,22)23-16-9-7-14(8-10-16)17(19)20;/h4-11H,12H2,1-3H3;1H/q+1;/p-1. The first-order chi connectivity index (χ1) is 11.1. The minimum Gasteiger partial charge on any atom is -1.00 e. The van der Waals surface area contributed by atoms with Crippen LogP contribution in [0.15, 0.2) is 48.5 Å². The topological polar surface area (TPSA) is 86.5 Å². The summed E-state index contributed by atoms with van der Waals surface area (Å²) in [5.74, 6) is -0.235. The molecular weight excluding hydrogens is 412 g/mol. The van der Waals surface area contributed by atoms with Gasteiger partial charge in [0, 0.05) is 18.2 Å². The van der Waals surface area contributed by atoms with Crippen LogP contribution in [0.2, 0.25) is 0 Å². The average Bonchev–Trinajstić information content (AvgIpc) is 2.46. The van der Waals surface area contributed by atoms with E-state index in [-0.39, 0.29) is 34.2 Å². The molecule has 0 saturated carbocycles. The highest BCUT2D eigenvalue weighted by Crippen LogP contribution is 2.22. The van der Waals surface area contributed by atoms with Crippen molar-refractivity contribution >= 4 is 21.5 Å². The molecule has 0 amide bonds. The van der Waals surface area contributed by atoms with E-state index in [2.05, 4.69) is 0 Å². The van der Waals surface area contributed by atoms with Gasteiger partial charge in [-0.1, -0.05) is 12.1 Å². The van der Waals surface area contributed by atoms with Crippen LogP contribution in [-0.2, 0) is 15.9 Å². The lowest BCUT2D eigenvalue weighted by molar-refractivity contribution is -0.384. The predicted octanol–water partition coefficient (Wildman–Crippen LogP) is -0.296. The minimum absolute atomic E-state index is 0. The third kappa shape index (κ3) is 6.11. The summed E-state index contributed by atoms with van der Waals surface area (Å²) in [5.41, 5.74) is 1.45. The summed E-state index contributed by atoms with van der Waals surface area (Å²) in [6.45, 7) is 0. The second kappa shape index (κ2) is 7.94. The normalized spacial score (nSPS) is 11.5. The average molecular weight is 431 g/mol. The molecule has 0 spiro atoms. The van der Waals surface area contributed by atoms with Crippen molar-refractivity contribution < 1.29 is 34.5 Å². The number of nitro benzene ring substituents is 1. The molecule has 0 aliphatic rings. The Morgan fingerprint density at radius 1 is 1.08 bits per heavy atom. The van der Waals surface area contributed by atoms with Gasteiger partial charge in [0.2, 0.25) is 0 Å². The number of nitro groups is 1. The molecule has 0 unspecified atom stereocenters. The van der Waals surface area contributed by atoms with Crippen molar-refractivity contribution in [2.24, 2.45) is 0 Å². The summed E-state index contributed by atoms with van der Waals surface area (Å²) in [4.78, 5) is 10.0. The SMILES string of the molecule is C[N+](C)(C)c1cccc(CS(=O)(=O)Oc2ccc([N+](=O)[O-])cc2)c1.[Br-]. The van der Waals surface area contributed by atoms with E-state index in [4.69, 9.17) is 4.18 Å². The van der Waals surface area contributed by atoms with Gasteiger partial charge < -0.3 is 21.2 Å². The van der Waals surface area contributed by atoms with Crippen molar-refractivity contribution in [3.8, 4) is 5.75 Å². The zero-order valence-electron chi connectivity index (χ0n) is 14.0. The molecule has 0 fully saturated rings. The van der Waals surface area contributed by atoms with E-state index in [9.17, 15) is 18.5 Å². The molecule has 0 N–H and O–H groups in total. The van der Waals surface area contributed by atoms with Crippen molar-refractivity contribution in [2.75, 3.05) is 21.1 Å². The fourth-order valence-corrected chi connectivity index (χ4v) is 3.12. The maximum absolute atomic E-state index is 12.2. The molecule has 0 saturated heterocycles. The van der Waals surface area contributed by atoms with Crippen LogP contribution in [0.4, 0.5) is 11.4 Å². The van der Waals surface area contributed by atoms with E-state index in [1.54, 1.807) is 12.1 Å². The molecule has 2 aromatic rings. The fraction of sp³-hybridized carbons (Fsp3) is 0.250. The Balaban J connectivity index is 0.00000312. The van der Waals surface area contributed by atoms with Crippen LogP contribution in [0, 0.1) is 10.1 Å². The van der Waals surface area contributed by atoms with E-state index < -0.39 is 15.0 Å². The second-order valence-corrected chi connectivity index (χ2v) is 7.79. The summed E-state index contributed by atoms with van der Waals surface area (Å²) in [5, 5.41) is 10.6. The molecular formula is C16H19BrN2O5S. The third-order valence-corrected chi connectivity index (χ3v) is 4.43. The summed E-state index contributed by atoms with van der Waals surface area (Å²) in [6.07, 6.45) is 0. The van der Waals surface area contributed by atoms with Gasteiger partial charge in [0.05, 0.1) is 26.1 Å². The van der Waals surface area contributed by atoms with E-state index in [0.717, 1.165) is 5.69 Å². The first-order valence-corrected chi connectivity index (χ1v) is 8.72. The van der Waals surface area contributed by atoms with Crippen molar-refractivity contribution in [1.82, 2.24) is 4.48 Å². The van der Waals surface area contributed by atoms with Gasteiger partial charge >= 0.3 is 10.1 Å². The Kier molecular flexibility index (Phi) is 6.69. The molecule has 7 nitrogen and oxygen atoms in total. The Hall–Kier alpha value is -1.97. The highest BCUT2D eigenvalue weighted by Gasteiger charge is 2.18. The van der Waals surface area contributed by atoms with Crippen LogP contribution in [0.25, 0.3) is 0 Å². The van der Waals surface area contributed by atoms with Gasteiger partial charge in [-0.3, -0.25) is 14.6 Å². The van der Waals surface area contributed by atoms with Gasteiger partial charge in [-0.25, -0.2) is 0 Å². The molecule has 0 atom stereocenters. The molecule has 2 aromatic carbocycles. The zero-order valence-corrected chi connectivity index (χ0v) is 16.5. The molecule has 0 aliphatic heterocycles. The Morgan fingerprint density at radius 3 is 2.20 bits per heavy atom. The quantitative estimate of drug-likeness (QED) is 0.272. The Bertz CT molecular complexity index is 846. The smallest absolute Gasteiger partial charge is 0.313 e. The predicted molar refractivity (Wildman–Crippen MR) is 92.4 cm³/mol. The van der Waals surface area contributed by atoms with Crippen molar-refractivity contribution in [2.45, 2.75) is 5.75 Å². The summed E-state index contributed by atoms with van der Waals surface area (Å²) in [6, 6.07) is 12.2. The van der Waals surface area contributed by atoms with Crippen LogP contribution in [0.5, 0.6) is 5.75 Å². The van der Waals surface area contributed by atoms with Gasteiger partial charge in [0.1, 0.15) is 17.2 Å². The van der Waals surface area contributed by atoms with Gasteiger partial charge in [-0.15, -0.1) is 0 Å². The lowest BCUT2D eigenvalue weighted by Crippen LogP contribution is -3.00. The van der Waals surface area contributed by atoms with E-state index >= 15 is 0 Å². The number of non-ortho nitro benzene ring substituents is 1. The van der Waals surface area contributed by atoms with Crippen molar-refractivity contribution in [1.29, 1.82) is 0 Å². The third-order valence-electron chi connectivity index (χ3n) is 3.30. The lowest BCUT2D eigenvalue weighted by Gasteiger charge is -2.23. The fourth-order valence-electron chi connectivity index (χ4n) is 2.07. The highest BCUT2D eigenvalue weighted by atomic mass is 79.9. The highest BCUT2D eigenvalue weighted by molar-refractivity contribution is 7.86. The minimum atomic E-state index is -3.86. The second-order valence-electron chi connectivity index (χ2n) is 6.22. The molecule has 0 radical (unpaired) electrons. The number of benzene rings is 2. The van der Waals surface area contributed by atoms with Crippen molar-refractivity contribution in [3.63, 3.8) is 0 Å². The van der Waals surface area contributed by atoms with Crippen molar-refractivity contribution in [3.05, 3.63) is 64.2 Å². The van der Waals surface area contributed by atoms with Crippen LogP contribution in [0.3, 0.4) is 0 Å².